The summed E-state index contributed by atoms with van der Waals surface area (Å²) >= 11 is 0. The molecule has 2 atom stereocenters. The lowest BCUT2D eigenvalue weighted by Gasteiger charge is -2.36. The van der Waals surface area contributed by atoms with Gasteiger partial charge in [0.25, 0.3) is 0 Å². The average Bonchev–Trinajstić information content (AvgIpc) is 3.27. The van der Waals surface area contributed by atoms with Crippen LogP contribution in [0.1, 0.15) is 29.2 Å². The predicted molar refractivity (Wildman–Crippen MR) is 151 cm³/mol. The number of fused-ring (bicyclic) bond motifs is 1. The highest BCUT2D eigenvalue weighted by Crippen LogP contribution is 2.41. The zero-order valence-electron chi connectivity index (χ0n) is 21.6. The van der Waals surface area contributed by atoms with E-state index in [0.29, 0.717) is 5.92 Å². The van der Waals surface area contributed by atoms with Gasteiger partial charge in [0.15, 0.2) is 0 Å². The maximum absolute atomic E-state index is 5.33. The summed E-state index contributed by atoms with van der Waals surface area (Å²) in [5.74, 6) is 0.367. The van der Waals surface area contributed by atoms with Crippen molar-refractivity contribution in [2.45, 2.75) is 18.9 Å². The van der Waals surface area contributed by atoms with Gasteiger partial charge in [-0.2, -0.15) is 5.10 Å². The maximum Gasteiger partial charge on any atom is 0.0816 e. The first-order valence-corrected chi connectivity index (χ1v) is 13.2. The normalized spacial score (nSPS) is 21.1. The summed E-state index contributed by atoms with van der Waals surface area (Å²) in [5.41, 5.74) is 6.67. The van der Waals surface area contributed by atoms with Gasteiger partial charge in [0.05, 0.1) is 11.8 Å². The zero-order valence-corrected chi connectivity index (χ0v) is 21.6. The summed E-state index contributed by atoms with van der Waals surface area (Å²) in [6, 6.07) is 32.9. The van der Waals surface area contributed by atoms with E-state index in [9.17, 15) is 0 Å². The van der Waals surface area contributed by atoms with Crippen LogP contribution >= 0.6 is 0 Å². The van der Waals surface area contributed by atoms with Crippen molar-refractivity contribution in [2.24, 2.45) is 11.0 Å². The Kier molecular flexibility index (Phi) is 7.95. The molecule has 2 aliphatic rings. The first kappa shape index (κ1) is 24.5. The number of hydrogen-bond acceptors (Lipinski definition) is 4. The van der Waals surface area contributed by atoms with Gasteiger partial charge in [-0.3, -0.25) is 9.91 Å². The topological polar surface area (TPSA) is 22.1 Å². The third kappa shape index (κ3) is 5.95. The van der Waals surface area contributed by atoms with E-state index in [0.717, 1.165) is 45.6 Å². The van der Waals surface area contributed by atoms with Crippen LogP contribution in [0.3, 0.4) is 0 Å². The van der Waals surface area contributed by atoms with Crippen molar-refractivity contribution < 1.29 is 0 Å². The van der Waals surface area contributed by atoms with Crippen LogP contribution in [-0.2, 0) is 6.42 Å². The number of hydrazone groups is 1. The molecule has 5 rings (SSSR count). The molecule has 3 aromatic rings. The van der Waals surface area contributed by atoms with Crippen LogP contribution in [0.2, 0.25) is 0 Å². The maximum atomic E-state index is 5.33. The highest BCUT2D eigenvalue weighted by atomic mass is 15.5. The molecule has 0 spiro atoms. The molecular formula is C32H38N4. The van der Waals surface area contributed by atoms with Crippen LogP contribution < -0.4 is 0 Å². The predicted octanol–water partition coefficient (Wildman–Crippen LogP) is 5.61. The fourth-order valence-corrected chi connectivity index (χ4v) is 5.55. The van der Waals surface area contributed by atoms with Crippen LogP contribution in [0.25, 0.3) is 6.08 Å². The lowest BCUT2D eigenvalue weighted by molar-refractivity contribution is 0.163. The minimum absolute atomic E-state index is 0.280. The van der Waals surface area contributed by atoms with Crippen LogP contribution in [0.15, 0.2) is 102 Å². The van der Waals surface area contributed by atoms with E-state index in [2.05, 4.69) is 126 Å². The van der Waals surface area contributed by atoms with Gasteiger partial charge in [-0.25, -0.2) is 0 Å². The van der Waals surface area contributed by atoms with Crippen LogP contribution in [-0.4, -0.2) is 67.3 Å². The zero-order chi connectivity index (χ0) is 24.7. The molecule has 1 saturated heterocycles. The summed E-state index contributed by atoms with van der Waals surface area (Å²) in [5, 5.41) is 7.72. The highest BCUT2D eigenvalue weighted by molar-refractivity contribution is 6.07. The van der Waals surface area contributed by atoms with E-state index in [1.807, 2.05) is 0 Å². The van der Waals surface area contributed by atoms with E-state index in [4.69, 9.17) is 5.10 Å². The molecule has 0 bridgehead atoms. The van der Waals surface area contributed by atoms with Crippen LogP contribution in [0, 0.1) is 5.92 Å². The quantitative estimate of drug-likeness (QED) is 0.399. The molecule has 0 aliphatic carbocycles. The number of likely N-dealkylation sites (tertiary alicyclic amines) is 1. The molecule has 0 saturated carbocycles. The van der Waals surface area contributed by atoms with Gasteiger partial charge in [0.2, 0.25) is 0 Å². The van der Waals surface area contributed by atoms with E-state index in [-0.39, 0.29) is 6.04 Å². The van der Waals surface area contributed by atoms with Gasteiger partial charge in [-0.15, -0.1) is 0 Å². The fourth-order valence-electron chi connectivity index (χ4n) is 5.55. The van der Waals surface area contributed by atoms with Crippen molar-refractivity contribution in [3.05, 3.63) is 113 Å². The van der Waals surface area contributed by atoms with E-state index >= 15 is 0 Å². The Labute approximate surface area is 216 Å². The highest BCUT2D eigenvalue weighted by Gasteiger charge is 2.43. The minimum Gasteiger partial charge on any atom is -0.309 e. The third-order valence-electron chi connectivity index (χ3n) is 7.30. The number of benzene rings is 3. The Morgan fingerprint density at radius 2 is 1.53 bits per heavy atom. The summed E-state index contributed by atoms with van der Waals surface area (Å²) in [7, 11) is 4.30. The molecule has 36 heavy (non-hydrogen) atoms. The number of hydrogen-bond donors (Lipinski definition) is 0. The molecule has 0 amide bonds. The van der Waals surface area contributed by atoms with Gasteiger partial charge in [0, 0.05) is 32.1 Å². The monoisotopic (exact) mass is 478 g/mol. The molecule has 2 heterocycles. The van der Waals surface area contributed by atoms with E-state index < -0.39 is 0 Å². The fraction of sp³-hybridized carbons (Fsp3) is 0.344. The lowest BCUT2D eigenvalue weighted by Crippen LogP contribution is -2.44. The second-order valence-electron chi connectivity index (χ2n) is 10.3. The molecule has 2 unspecified atom stereocenters. The van der Waals surface area contributed by atoms with E-state index in [1.165, 1.54) is 28.0 Å². The Bertz CT molecular complexity index is 1150. The van der Waals surface area contributed by atoms with Gasteiger partial charge in [-0.1, -0.05) is 91.0 Å². The van der Waals surface area contributed by atoms with Crippen LogP contribution in [0.4, 0.5) is 0 Å². The largest absolute Gasteiger partial charge is 0.309 e. The molecule has 2 aliphatic heterocycles. The van der Waals surface area contributed by atoms with Crippen molar-refractivity contribution in [1.82, 2.24) is 14.8 Å². The smallest absolute Gasteiger partial charge is 0.0816 e. The molecule has 0 N–H and O–H groups in total. The molecule has 4 nitrogen and oxygen atoms in total. The van der Waals surface area contributed by atoms with E-state index in [1.54, 1.807) is 0 Å². The minimum atomic E-state index is 0.280. The SMILES string of the molecule is CN(C)CCCN1N=C2/C(=C/c3ccccc3)CN(CCc3ccccc3)CC2C1c1ccccc1. The Morgan fingerprint density at radius 1 is 0.861 bits per heavy atom. The standard InChI is InChI=1S/C32H38N4/c1-34(2)20-12-21-36-32(28-17-10-5-11-18-28)30-25-35(22-19-26-13-6-3-7-14-26)24-29(31(30)33-36)23-27-15-8-4-9-16-27/h3-11,13-18,23,30,32H,12,19-22,24-25H2,1-2H3/b29-23+. The van der Waals surface area contributed by atoms with Crippen molar-refractivity contribution in [3.8, 4) is 0 Å². The summed E-state index contributed by atoms with van der Waals surface area (Å²) in [4.78, 5) is 4.91. The molecular weight excluding hydrogens is 440 g/mol. The number of nitrogens with zero attached hydrogens (tertiary/aromatic N) is 4. The number of piperidine rings is 1. The number of rotatable bonds is 9. The van der Waals surface area contributed by atoms with Crippen molar-refractivity contribution in [2.75, 3.05) is 46.8 Å². The summed E-state index contributed by atoms with van der Waals surface area (Å²) < 4.78 is 0. The van der Waals surface area contributed by atoms with Gasteiger partial charge < -0.3 is 4.90 Å². The Morgan fingerprint density at radius 3 is 2.22 bits per heavy atom. The molecule has 4 heteroatoms. The molecule has 3 aromatic carbocycles. The third-order valence-corrected chi connectivity index (χ3v) is 7.30. The first-order chi connectivity index (χ1) is 17.7. The summed E-state index contributed by atoms with van der Waals surface area (Å²) in [6.45, 7) is 5.09. The molecule has 0 radical (unpaired) electrons. The van der Waals surface area contributed by atoms with Gasteiger partial charge in [-0.05, 0) is 61.8 Å². The lowest BCUT2D eigenvalue weighted by atomic mass is 9.83. The molecule has 0 aromatic heterocycles. The molecule has 186 valence electrons. The van der Waals surface area contributed by atoms with Crippen LogP contribution in [0.5, 0.6) is 0 Å². The Balaban J connectivity index is 1.45. The molecule has 1 fully saturated rings. The van der Waals surface area contributed by atoms with Crippen molar-refractivity contribution >= 4 is 11.8 Å². The van der Waals surface area contributed by atoms with Crippen molar-refractivity contribution in [3.63, 3.8) is 0 Å². The van der Waals surface area contributed by atoms with Gasteiger partial charge in [0.1, 0.15) is 0 Å². The summed E-state index contributed by atoms with van der Waals surface area (Å²) in [6.07, 6.45) is 4.54. The second kappa shape index (κ2) is 11.7. The van der Waals surface area contributed by atoms with Crippen molar-refractivity contribution in [1.29, 1.82) is 0 Å². The van der Waals surface area contributed by atoms with Gasteiger partial charge >= 0.3 is 0 Å². The Hall–Kier alpha value is -3.21. The first-order valence-electron chi connectivity index (χ1n) is 13.2. The second-order valence-corrected chi connectivity index (χ2v) is 10.3. The average molecular weight is 479 g/mol.